The third-order valence-corrected chi connectivity index (χ3v) is 4.72. The molecule has 0 saturated heterocycles. The van der Waals surface area contributed by atoms with Crippen LogP contribution < -0.4 is 5.32 Å². The highest BCUT2D eigenvalue weighted by molar-refractivity contribution is 9.10. The largest absolute Gasteiger partial charge is 0.307 e. The van der Waals surface area contributed by atoms with E-state index in [1.807, 2.05) is 6.07 Å². The number of hydrogen-bond acceptors (Lipinski definition) is 1. The minimum Gasteiger partial charge on any atom is -0.307 e. The molecule has 1 nitrogen and oxygen atoms in total. The van der Waals surface area contributed by atoms with Gasteiger partial charge in [-0.2, -0.15) is 0 Å². The van der Waals surface area contributed by atoms with E-state index in [1.54, 1.807) is 0 Å². The first-order chi connectivity index (χ1) is 10.2. The second-order valence-corrected chi connectivity index (χ2v) is 6.42. The first-order valence-electron chi connectivity index (χ1n) is 7.42. The van der Waals surface area contributed by atoms with Crippen LogP contribution in [0.3, 0.4) is 0 Å². The molecule has 0 aromatic heterocycles. The highest BCUT2D eigenvalue weighted by atomic mass is 79.9. The molecule has 2 aromatic rings. The van der Waals surface area contributed by atoms with Gasteiger partial charge in [0.15, 0.2) is 0 Å². The molecule has 3 heteroatoms. The predicted molar refractivity (Wildman–Crippen MR) is 95.1 cm³/mol. The van der Waals surface area contributed by atoms with E-state index in [0.29, 0.717) is 0 Å². The minimum atomic E-state index is 0.195. The van der Waals surface area contributed by atoms with Gasteiger partial charge in [0.05, 0.1) is 11.1 Å². The van der Waals surface area contributed by atoms with Gasteiger partial charge < -0.3 is 5.32 Å². The van der Waals surface area contributed by atoms with E-state index >= 15 is 0 Å². The molecule has 0 fully saturated rings. The summed E-state index contributed by atoms with van der Waals surface area (Å²) in [6.45, 7) is 5.27. The van der Waals surface area contributed by atoms with E-state index < -0.39 is 0 Å². The summed E-state index contributed by atoms with van der Waals surface area (Å²) in [5.41, 5.74) is 3.92. The first kappa shape index (κ1) is 16.5. The molecule has 1 unspecified atom stereocenters. The van der Waals surface area contributed by atoms with Gasteiger partial charge in [0, 0.05) is 4.47 Å². The molecule has 0 saturated carbocycles. The summed E-state index contributed by atoms with van der Waals surface area (Å²) < 4.78 is 0.939. The van der Waals surface area contributed by atoms with Crippen LogP contribution in [0, 0.1) is 0 Å². The topological polar surface area (TPSA) is 12.0 Å². The number of hydrogen-bond donors (Lipinski definition) is 1. The van der Waals surface area contributed by atoms with Crippen LogP contribution in [0.25, 0.3) is 0 Å². The van der Waals surface area contributed by atoms with Gasteiger partial charge in [-0.1, -0.05) is 62.2 Å². The summed E-state index contributed by atoms with van der Waals surface area (Å²) in [6.07, 6.45) is 2.29. The zero-order chi connectivity index (χ0) is 15.2. The molecule has 0 radical (unpaired) electrons. The molecule has 21 heavy (non-hydrogen) atoms. The van der Waals surface area contributed by atoms with Crippen molar-refractivity contribution in [2.45, 2.75) is 32.7 Å². The lowest BCUT2D eigenvalue weighted by Crippen LogP contribution is -2.22. The zero-order valence-corrected chi connectivity index (χ0v) is 14.8. The lowest BCUT2D eigenvalue weighted by atomic mass is 9.96. The van der Waals surface area contributed by atoms with Gasteiger partial charge in [0.25, 0.3) is 0 Å². The van der Waals surface area contributed by atoms with E-state index in [-0.39, 0.29) is 6.04 Å². The maximum atomic E-state index is 6.11. The van der Waals surface area contributed by atoms with Gasteiger partial charge in [0.2, 0.25) is 0 Å². The molecule has 0 heterocycles. The molecular formula is C18H21BrClN. The fourth-order valence-electron chi connectivity index (χ4n) is 2.54. The molecule has 1 atom stereocenters. The van der Waals surface area contributed by atoms with E-state index in [1.165, 1.54) is 23.1 Å². The third kappa shape index (κ3) is 4.32. The van der Waals surface area contributed by atoms with Crippen molar-refractivity contribution in [2.75, 3.05) is 6.54 Å². The molecule has 2 aromatic carbocycles. The van der Waals surface area contributed by atoms with E-state index in [9.17, 15) is 0 Å². The van der Waals surface area contributed by atoms with Crippen LogP contribution >= 0.6 is 27.5 Å². The van der Waals surface area contributed by atoms with E-state index in [4.69, 9.17) is 11.6 Å². The molecule has 112 valence electrons. The second-order valence-electron chi connectivity index (χ2n) is 5.16. The molecule has 0 aliphatic rings. The maximum Gasteiger partial charge on any atom is 0.0577 e. The molecule has 0 amide bonds. The summed E-state index contributed by atoms with van der Waals surface area (Å²) >= 11 is 9.63. The van der Waals surface area contributed by atoms with Crippen molar-refractivity contribution in [3.63, 3.8) is 0 Å². The van der Waals surface area contributed by atoms with E-state index in [2.05, 4.69) is 71.5 Å². The fraction of sp³-hybridized carbons (Fsp3) is 0.333. The number of nitrogens with one attached hydrogen (secondary N) is 1. The van der Waals surface area contributed by atoms with Gasteiger partial charge >= 0.3 is 0 Å². The van der Waals surface area contributed by atoms with Crippen LogP contribution in [0.15, 0.2) is 46.9 Å². The number of rotatable bonds is 6. The summed E-state index contributed by atoms with van der Waals surface area (Å²) in [6, 6.07) is 15.2. The minimum absolute atomic E-state index is 0.195. The van der Waals surface area contributed by atoms with Crippen molar-refractivity contribution >= 4 is 27.5 Å². The second kappa shape index (κ2) is 7.98. The van der Waals surface area contributed by atoms with Crippen molar-refractivity contribution in [3.05, 3.63) is 68.7 Å². The van der Waals surface area contributed by atoms with Gasteiger partial charge in [0.1, 0.15) is 0 Å². The van der Waals surface area contributed by atoms with Crippen molar-refractivity contribution in [1.82, 2.24) is 5.32 Å². The molecule has 1 N–H and O–H groups in total. The van der Waals surface area contributed by atoms with E-state index in [0.717, 1.165) is 22.5 Å². The Morgan fingerprint density at radius 2 is 1.86 bits per heavy atom. The molecule has 0 aliphatic carbocycles. The van der Waals surface area contributed by atoms with Crippen molar-refractivity contribution in [1.29, 1.82) is 0 Å². The average molecular weight is 367 g/mol. The molecule has 0 spiro atoms. The van der Waals surface area contributed by atoms with Crippen LogP contribution in [0.2, 0.25) is 5.02 Å². The Labute approximate surface area is 140 Å². The van der Waals surface area contributed by atoms with Crippen molar-refractivity contribution in [3.8, 4) is 0 Å². The Balaban J connectivity index is 2.37. The lowest BCUT2D eigenvalue weighted by molar-refractivity contribution is 0.629. The average Bonchev–Trinajstić information content (AvgIpc) is 2.48. The Bertz CT molecular complexity index is 598. The SMILES string of the molecule is CCCc1cccc(C(NCC)c2ccc(Cl)c(Br)c2)c1. The molecule has 0 aliphatic heterocycles. The maximum absolute atomic E-state index is 6.11. The van der Waals surface area contributed by atoms with Crippen LogP contribution in [0.1, 0.15) is 43.0 Å². The smallest absolute Gasteiger partial charge is 0.0577 e. The van der Waals surface area contributed by atoms with Gasteiger partial charge in [-0.15, -0.1) is 0 Å². The van der Waals surface area contributed by atoms with Crippen molar-refractivity contribution in [2.24, 2.45) is 0 Å². The number of benzene rings is 2. The van der Waals surface area contributed by atoms with Crippen LogP contribution in [-0.2, 0) is 6.42 Å². The first-order valence-corrected chi connectivity index (χ1v) is 8.60. The third-order valence-electron chi connectivity index (χ3n) is 3.51. The summed E-state index contributed by atoms with van der Waals surface area (Å²) in [5, 5.41) is 4.31. The summed E-state index contributed by atoms with van der Waals surface area (Å²) in [5.74, 6) is 0. The standard InChI is InChI=1S/C18H21BrClN/c1-3-6-13-7-5-8-14(11-13)18(21-4-2)15-9-10-17(20)16(19)12-15/h5,7-12,18,21H,3-4,6H2,1-2H3. The van der Waals surface area contributed by atoms with Gasteiger partial charge in [-0.05, 0) is 57.7 Å². The zero-order valence-electron chi connectivity index (χ0n) is 12.5. The quantitative estimate of drug-likeness (QED) is 0.686. The highest BCUT2D eigenvalue weighted by Gasteiger charge is 2.14. The molecular weight excluding hydrogens is 346 g/mol. The van der Waals surface area contributed by atoms with Crippen LogP contribution in [0.5, 0.6) is 0 Å². The normalized spacial score (nSPS) is 12.4. The van der Waals surface area contributed by atoms with Gasteiger partial charge in [-0.25, -0.2) is 0 Å². The highest BCUT2D eigenvalue weighted by Crippen LogP contribution is 2.29. The molecule has 2 rings (SSSR count). The Morgan fingerprint density at radius 1 is 1.10 bits per heavy atom. The monoisotopic (exact) mass is 365 g/mol. The Morgan fingerprint density at radius 3 is 2.52 bits per heavy atom. The summed E-state index contributed by atoms with van der Waals surface area (Å²) in [4.78, 5) is 0. The number of aryl methyl sites for hydroxylation is 1. The molecule has 0 bridgehead atoms. The van der Waals surface area contributed by atoms with Crippen LogP contribution in [-0.4, -0.2) is 6.54 Å². The Hall–Kier alpha value is -0.830. The van der Waals surface area contributed by atoms with Crippen LogP contribution in [0.4, 0.5) is 0 Å². The fourth-order valence-corrected chi connectivity index (χ4v) is 3.06. The lowest BCUT2D eigenvalue weighted by Gasteiger charge is -2.20. The number of halogens is 2. The predicted octanol–water partition coefficient (Wildman–Crippen LogP) is 5.75. The summed E-state index contributed by atoms with van der Waals surface area (Å²) in [7, 11) is 0. The van der Waals surface area contributed by atoms with Crippen molar-refractivity contribution < 1.29 is 0 Å². The van der Waals surface area contributed by atoms with Gasteiger partial charge in [-0.3, -0.25) is 0 Å². The Kier molecular flexibility index (Phi) is 6.28.